The number of benzene rings is 1. The van der Waals surface area contributed by atoms with Crippen molar-refractivity contribution in [1.29, 1.82) is 0 Å². The Morgan fingerprint density at radius 2 is 1.63 bits per heavy atom. The molecule has 2 nitrogen and oxygen atoms in total. The summed E-state index contributed by atoms with van der Waals surface area (Å²) in [4.78, 5) is 2.76. The number of rotatable bonds is 3. The molecule has 2 heterocycles. The Balaban J connectivity index is 1.81. The van der Waals surface area contributed by atoms with Crippen LogP contribution < -0.4 is 5.32 Å². The average molecular weight is 258 g/mol. The first-order chi connectivity index (χ1) is 9.45. The van der Waals surface area contributed by atoms with Crippen molar-refractivity contribution >= 4 is 0 Å². The summed E-state index contributed by atoms with van der Waals surface area (Å²) in [5.74, 6) is 0.835. The molecule has 1 aromatic rings. The topological polar surface area (TPSA) is 15.3 Å². The van der Waals surface area contributed by atoms with E-state index in [4.69, 9.17) is 0 Å². The highest BCUT2D eigenvalue weighted by atomic mass is 15.2. The van der Waals surface area contributed by atoms with Gasteiger partial charge >= 0.3 is 0 Å². The van der Waals surface area contributed by atoms with Crippen molar-refractivity contribution in [3.63, 3.8) is 0 Å². The molecule has 2 aliphatic rings. The molecule has 2 heteroatoms. The van der Waals surface area contributed by atoms with Crippen LogP contribution in [-0.4, -0.2) is 31.1 Å². The van der Waals surface area contributed by atoms with Gasteiger partial charge in [0.1, 0.15) is 0 Å². The Kier molecular flexibility index (Phi) is 4.52. The van der Waals surface area contributed by atoms with E-state index in [0.717, 1.165) is 5.92 Å². The highest BCUT2D eigenvalue weighted by Crippen LogP contribution is 2.35. The van der Waals surface area contributed by atoms with Crippen LogP contribution in [0.4, 0.5) is 0 Å². The maximum atomic E-state index is 3.51. The lowest BCUT2D eigenvalue weighted by molar-refractivity contribution is 0.0999. The van der Waals surface area contributed by atoms with Crippen molar-refractivity contribution in [3.05, 3.63) is 35.9 Å². The molecule has 0 saturated carbocycles. The summed E-state index contributed by atoms with van der Waals surface area (Å²) in [7, 11) is 0. The maximum absolute atomic E-state index is 3.51. The number of nitrogens with zero attached hydrogens (tertiary/aromatic N) is 1. The second-order valence-electron chi connectivity index (χ2n) is 6.04. The summed E-state index contributed by atoms with van der Waals surface area (Å²) in [6, 6.07) is 11.9. The lowest BCUT2D eigenvalue weighted by atomic mass is 9.84. The van der Waals surface area contributed by atoms with Gasteiger partial charge in [0.15, 0.2) is 0 Å². The second-order valence-corrected chi connectivity index (χ2v) is 6.04. The first-order valence-electron chi connectivity index (χ1n) is 7.95. The lowest BCUT2D eigenvalue weighted by Gasteiger charge is -2.41. The monoisotopic (exact) mass is 258 g/mol. The van der Waals surface area contributed by atoms with Crippen molar-refractivity contribution in [3.8, 4) is 0 Å². The molecule has 3 rings (SSSR count). The third kappa shape index (κ3) is 3.18. The first kappa shape index (κ1) is 13.1. The number of nitrogens with one attached hydrogen (secondary N) is 1. The molecule has 1 atom stereocenters. The van der Waals surface area contributed by atoms with Crippen LogP contribution in [0.2, 0.25) is 0 Å². The minimum Gasteiger partial charge on any atom is -0.317 e. The predicted octanol–water partition coefficient (Wildman–Crippen LogP) is 3.21. The smallest absolute Gasteiger partial charge is 0.0377 e. The Morgan fingerprint density at radius 1 is 0.947 bits per heavy atom. The molecule has 2 fully saturated rings. The van der Waals surface area contributed by atoms with Crippen molar-refractivity contribution in [2.45, 2.75) is 38.1 Å². The van der Waals surface area contributed by atoms with Crippen molar-refractivity contribution in [2.24, 2.45) is 5.92 Å². The maximum Gasteiger partial charge on any atom is 0.0377 e. The van der Waals surface area contributed by atoms with Gasteiger partial charge in [-0.05, 0) is 63.3 Å². The van der Waals surface area contributed by atoms with Gasteiger partial charge in [0, 0.05) is 6.04 Å². The molecule has 0 aliphatic carbocycles. The third-order valence-corrected chi connectivity index (χ3v) is 4.76. The van der Waals surface area contributed by atoms with E-state index in [0.29, 0.717) is 6.04 Å². The van der Waals surface area contributed by atoms with Gasteiger partial charge < -0.3 is 5.32 Å². The number of hydrogen-bond donors (Lipinski definition) is 1. The Morgan fingerprint density at radius 3 is 2.32 bits per heavy atom. The molecule has 1 N–H and O–H groups in total. The van der Waals surface area contributed by atoms with Crippen LogP contribution in [0.3, 0.4) is 0 Å². The van der Waals surface area contributed by atoms with Gasteiger partial charge in [-0.25, -0.2) is 0 Å². The summed E-state index contributed by atoms with van der Waals surface area (Å²) in [6.07, 6.45) is 6.85. The van der Waals surface area contributed by atoms with E-state index in [2.05, 4.69) is 40.5 Å². The van der Waals surface area contributed by atoms with Crippen LogP contribution in [0.1, 0.15) is 43.7 Å². The standard InChI is InChI=1S/C17H26N2/c1-3-7-15(8-4-1)17(16-9-11-18-12-10-16)19-13-5-2-6-14-19/h1,3-4,7-8,16-18H,2,5-6,9-14H2. The average Bonchev–Trinajstić information content (AvgIpc) is 2.51. The van der Waals surface area contributed by atoms with E-state index in [-0.39, 0.29) is 0 Å². The van der Waals surface area contributed by atoms with Crippen molar-refractivity contribution in [1.82, 2.24) is 10.2 Å². The quantitative estimate of drug-likeness (QED) is 0.895. The summed E-state index contributed by atoms with van der Waals surface area (Å²) in [5, 5.41) is 3.51. The highest BCUT2D eigenvalue weighted by Gasteiger charge is 2.30. The number of hydrogen-bond acceptors (Lipinski definition) is 2. The van der Waals surface area contributed by atoms with Gasteiger partial charge in [-0.1, -0.05) is 36.8 Å². The minimum absolute atomic E-state index is 0.656. The first-order valence-corrected chi connectivity index (χ1v) is 7.95. The number of piperidine rings is 2. The Bertz CT molecular complexity index is 346. The lowest BCUT2D eigenvalue weighted by Crippen LogP contribution is -2.41. The van der Waals surface area contributed by atoms with Crippen LogP contribution >= 0.6 is 0 Å². The molecular weight excluding hydrogens is 232 g/mol. The minimum atomic E-state index is 0.656. The van der Waals surface area contributed by atoms with Gasteiger partial charge in [0.2, 0.25) is 0 Å². The van der Waals surface area contributed by atoms with Gasteiger partial charge in [-0.3, -0.25) is 4.90 Å². The second kappa shape index (κ2) is 6.53. The summed E-state index contributed by atoms with van der Waals surface area (Å²) < 4.78 is 0. The molecule has 0 aromatic heterocycles. The van der Waals surface area contributed by atoms with Crippen LogP contribution in [0.5, 0.6) is 0 Å². The molecule has 0 bridgehead atoms. The molecule has 1 aromatic carbocycles. The van der Waals surface area contributed by atoms with Crippen molar-refractivity contribution in [2.75, 3.05) is 26.2 Å². The summed E-state index contributed by atoms with van der Waals surface area (Å²) in [5.41, 5.74) is 1.54. The van der Waals surface area contributed by atoms with Gasteiger partial charge in [0.25, 0.3) is 0 Å². The van der Waals surface area contributed by atoms with E-state index in [9.17, 15) is 0 Å². The van der Waals surface area contributed by atoms with Crippen LogP contribution in [0.25, 0.3) is 0 Å². The van der Waals surface area contributed by atoms with Crippen LogP contribution in [0, 0.1) is 5.92 Å². The van der Waals surface area contributed by atoms with Crippen LogP contribution in [0.15, 0.2) is 30.3 Å². The van der Waals surface area contributed by atoms with Gasteiger partial charge in [-0.2, -0.15) is 0 Å². The fraction of sp³-hybridized carbons (Fsp3) is 0.647. The summed E-state index contributed by atoms with van der Waals surface area (Å²) in [6.45, 7) is 4.98. The van der Waals surface area contributed by atoms with E-state index in [1.165, 1.54) is 63.8 Å². The molecule has 104 valence electrons. The zero-order valence-corrected chi connectivity index (χ0v) is 11.9. The molecule has 0 spiro atoms. The molecule has 2 aliphatic heterocycles. The molecule has 1 unspecified atom stereocenters. The fourth-order valence-corrected chi connectivity index (χ4v) is 3.79. The Hall–Kier alpha value is -0.860. The molecule has 0 radical (unpaired) electrons. The zero-order chi connectivity index (χ0) is 12.9. The molecule has 19 heavy (non-hydrogen) atoms. The molecule has 2 saturated heterocycles. The van der Waals surface area contributed by atoms with Crippen LogP contribution in [-0.2, 0) is 0 Å². The highest BCUT2D eigenvalue weighted by molar-refractivity contribution is 5.20. The predicted molar refractivity (Wildman–Crippen MR) is 80.2 cm³/mol. The Labute approximate surface area is 117 Å². The zero-order valence-electron chi connectivity index (χ0n) is 11.9. The SMILES string of the molecule is c1ccc(C(C2CCNCC2)N2CCCCC2)cc1. The van der Waals surface area contributed by atoms with E-state index in [1.807, 2.05) is 0 Å². The fourth-order valence-electron chi connectivity index (χ4n) is 3.79. The van der Waals surface area contributed by atoms with E-state index >= 15 is 0 Å². The van der Waals surface area contributed by atoms with E-state index < -0.39 is 0 Å². The normalized spacial score (nSPS) is 24.2. The third-order valence-electron chi connectivity index (χ3n) is 4.76. The number of likely N-dealkylation sites (tertiary alicyclic amines) is 1. The molecule has 0 amide bonds. The van der Waals surface area contributed by atoms with Gasteiger partial charge in [0.05, 0.1) is 0 Å². The molecular formula is C17H26N2. The van der Waals surface area contributed by atoms with Crippen molar-refractivity contribution < 1.29 is 0 Å². The van der Waals surface area contributed by atoms with Gasteiger partial charge in [-0.15, -0.1) is 0 Å². The summed E-state index contributed by atoms with van der Waals surface area (Å²) >= 11 is 0. The largest absolute Gasteiger partial charge is 0.317 e. The van der Waals surface area contributed by atoms with E-state index in [1.54, 1.807) is 0 Å².